The van der Waals surface area contributed by atoms with Gasteiger partial charge in [0.15, 0.2) is 0 Å². The molecule has 1 heterocycles. The van der Waals surface area contributed by atoms with Crippen LogP contribution < -0.4 is 4.90 Å². The van der Waals surface area contributed by atoms with Crippen molar-refractivity contribution in [1.82, 2.24) is 9.88 Å². The average molecular weight is 273 g/mol. The molecule has 2 rings (SSSR count). The quantitative estimate of drug-likeness (QED) is 0.902. The fourth-order valence-corrected chi connectivity index (χ4v) is 2.16. The zero-order valence-corrected chi connectivity index (χ0v) is 12.0. The summed E-state index contributed by atoms with van der Waals surface area (Å²) in [4.78, 5) is 19.7. The molecule has 1 aromatic carbocycles. The molecular weight excluding hydrogens is 254 g/mol. The second-order valence-electron chi connectivity index (χ2n) is 5.07. The zero-order valence-electron chi connectivity index (χ0n) is 12.0. The molecule has 0 unspecified atom stereocenters. The van der Waals surface area contributed by atoms with Gasteiger partial charge in [0.25, 0.3) is 0 Å². The van der Waals surface area contributed by atoms with Crippen LogP contribution in [-0.2, 0) is 0 Å². The molecule has 0 saturated heterocycles. The van der Waals surface area contributed by atoms with Crippen LogP contribution in [0.1, 0.15) is 10.4 Å². The third kappa shape index (κ3) is 2.88. The largest absolute Gasteiger partial charge is 0.478 e. The number of anilines is 1. The van der Waals surface area contributed by atoms with E-state index in [1.165, 1.54) is 6.20 Å². The van der Waals surface area contributed by atoms with Crippen molar-refractivity contribution >= 4 is 22.6 Å². The maximum absolute atomic E-state index is 11.4. The lowest BCUT2D eigenvalue weighted by molar-refractivity contribution is 0.0697. The van der Waals surface area contributed by atoms with Gasteiger partial charge in [0.2, 0.25) is 0 Å². The van der Waals surface area contributed by atoms with Crippen molar-refractivity contribution < 1.29 is 9.90 Å². The van der Waals surface area contributed by atoms with Crippen LogP contribution >= 0.6 is 0 Å². The molecule has 0 aliphatic heterocycles. The lowest BCUT2D eigenvalue weighted by atomic mass is 10.1. The van der Waals surface area contributed by atoms with Gasteiger partial charge in [-0.05, 0) is 20.2 Å². The first-order valence-electron chi connectivity index (χ1n) is 6.47. The predicted octanol–water partition coefficient (Wildman–Crippen LogP) is 1.93. The number of fused-ring (bicyclic) bond motifs is 1. The molecular formula is C15H19N3O2. The van der Waals surface area contributed by atoms with Crippen LogP contribution in [0.4, 0.5) is 5.69 Å². The highest BCUT2D eigenvalue weighted by atomic mass is 16.4. The Morgan fingerprint density at radius 3 is 2.55 bits per heavy atom. The summed E-state index contributed by atoms with van der Waals surface area (Å²) in [6.45, 7) is 1.60. The molecule has 20 heavy (non-hydrogen) atoms. The fourth-order valence-electron chi connectivity index (χ4n) is 2.16. The first kappa shape index (κ1) is 14.3. The number of carbonyl (C=O) groups is 1. The van der Waals surface area contributed by atoms with Gasteiger partial charge < -0.3 is 14.9 Å². The van der Waals surface area contributed by atoms with Crippen molar-refractivity contribution in [2.24, 2.45) is 0 Å². The summed E-state index contributed by atoms with van der Waals surface area (Å²) in [5, 5.41) is 10.2. The van der Waals surface area contributed by atoms with Crippen LogP contribution in [-0.4, -0.2) is 55.2 Å². The van der Waals surface area contributed by atoms with Gasteiger partial charge in [0.05, 0.1) is 11.2 Å². The smallest absolute Gasteiger partial charge is 0.339 e. The molecule has 0 bridgehead atoms. The third-order valence-corrected chi connectivity index (χ3v) is 3.24. The van der Waals surface area contributed by atoms with Crippen LogP contribution in [0.3, 0.4) is 0 Å². The standard InChI is InChI=1S/C15H19N3O2/c1-17(2)8-9-18(3)14-11-6-4-5-7-13(11)16-10-12(14)15(19)20/h4-7,10H,8-9H2,1-3H3,(H,19,20). The Labute approximate surface area is 118 Å². The molecule has 106 valence electrons. The number of hydrogen-bond acceptors (Lipinski definition) is 4. The molecule has 0 amide bonds. The van der Waals surface area contributed by atoms with E-state index in [0.29, 0.717) is 0 Å². The molecule has 0 fully saturated rings. The van der Waals surface area contributed by atoms with E-state index in [1.807, 2.05) is 50.3 Å². The molecule has 0 atom stereocenters. The number of carboxylic acid groups (broad SMARTS) is 1. The van der Waals surface area contributed by atoms with E-state index in [1.54, 1.807) is 0 Å². The topological polar surface area (TPSA) is 56.7 Å². The summed E-state index contributed by atoms with van der Waals surface area (Å²) >= 11 is 0. The molecule has 5 nitrogen and oxygen atoms in total. The number of hydrogen-bond donors (Lipinski definition) is 1. The highest BCUT2D eigenvalue weighted by Gasteiger charge is 2.17. The van der Waals surface area contributed by atoms with Gasteiger partial charge in [-0.2, -0.15) is 0 Å². The van der Waals surface area contributed by atoms with Gasteiger partial charge in [0.1, 0.15) is 5.56 Å². The number of carboxylic acids is 1. The zero-order chi connectivity index (χ0) is 14.7. The molecule has 0 aliphatic rings. The van der Waals surface area contributed by atoms with Crippen molar-refractivity contribution in [3.05, 3.63) is 36.0 Å². The number of para-hydroxylation sites is 1. The Bertz CT molecular complexity index is 626. The minimum atomic E-state index is -0.949. The Hall–Kier alpha value is -2.14. The lowest BCUT2D eigenvalue weighted by Gasteiger charge is -2.24. The van der Waals surface area contributed by atoms with E-state index in [9.17, 15) is 9.90 Å². The number of nitrogens with zero attached hydrogens (tertiary/aromatic N) is 3. The van der Waals surface area contributed by atoms with Crippen LogP contribution in [0.15, 0.2) is 30.5 Å². The number of rotatable bonds is 5. The number of aromatic nitrogens is 1. The SMILES string of the molecule is CN(C)CCN(C)c1c(C(=O)O)cnc2ccccc12. The van der Waals surface area contributed by atoms with E-state index in [0.717, 1.165) is 29.7 Å². The third-order valence-electron chi connectivity index (χ3n) is 3.24. The summed E-state index contributed by atoms with van der Waals surface area (Å²) in [6.07, 6.45) is 1.44. The van der Waals surface area contributed by atoms with Gasteiger partial charge in [-0.3, -0.25) is 4.98 Å². The Morgan fingerprint density at radius 2 is 1.90 bits per heavy atom. The number of aromatic carboxylic acids is 1. The minimum Gasteiger partial charge on any atom is -0.478 e. The molecule has 0 spiro atoms. The number of likely N-dealkylation sites (N-methyl/N-ethyl adjacent to an activating group) is 2. The van der Waals surface area contributed by atoms with Crippen LogP contribution in [0.25, 0.3) is 10.9 Å². The van der Waals surface area contributed by atoms with Crippen molar-refractivity contribution in [3.63, 3.8) is 0 Å². The van der Waals surface area contributed by atoms with E-state index in [-0.39, 0.29) is 5.56 Å². The normalized spacial score (nSPS) is 11.0. The van der Waals surface area contributed by atoms with Gasteiger partial charge in [-0.15, -0.1) is 0 Å². The van der Waals surface area contributed by atoms with Gasteiger partial charge in [-0.1, -0.05) is 18.2 Å². The second kappa shape index (κ2) is 5.88. The first-order valence-corrected chi connectivity index (χ1v) is 6.47. The van der Waals surface area contributed by atoms with E-state index in [2.05, 4.69) is 9.88 Å². The van der Waals surface area contributed by atoms with Crippen LogP contribution in [0.2, 0.25) is 0 Å². The maximum Gasteiger partial charge on any atom is 0.339 e. The van der Waals surface area contributed by atoms with Crippen molar-refractivity contribution in [1.29, 1.82) is 0 Å². The summed E-state index contributed by atoms with van der Waals surface area (Å²) in [5.41, 5.74) is 1.78. The highest BCUT2D eigenvalue weighted by Crippen LogP contribution is 2.28. The number of pyridine rings is 1. The van der Waals surface area contributed by atoms with E-state index < -0.39 is 5.97 Å². The first-order chi connectivity index (χ1) is 9.50. The maximum atomic E-state index is 11.4. The second-order valence-corrected chi connectivity index (χ2v) is 5.07. The predicted molar refractivity (Wildman–Crippen MR) is 80.5 cm³/mol. The van der Waals surface area contributed by atoms with Crippen LogP contribution in [0, 0.1) is 0 Å². The van der Waals surface area contributed by atoms with Gasteiger partial charge in [-0.25, -0.2) is 4.79 Å². The minimum absolute atomic E-state index is 0.241. The molecule has 1 aromatic heterocycles. The summed E-state index contributed by atoms with van der Waals surface area (Å²) < 4.78 is 0. The Balaban J connectivity index is 2.51. The molecule has 0 aliphatic carbocycles. The Morgan fingerprint density at radius 1 is 1.20 bits per heavy atom. The number of benzene rings is 1. The van der Waals surface area contributed by atoms with Crippen LogP contribution in [0.5, 0.6) is 0 Å². The van der Waals surface area contributed by atoms with Gasteiger partial charge in [0, 0.05) is 31.7 Å². The average Bonchev–Trinajstić information content (AvgIpc) is 2.43. The fraction of sp³-hybridized carbons (Fsp3) is 0.333. The summed E-state index contributed by atoms with van der Waals surface area (Å²) in [7, 11) is 5.91. The van der Waals surface area contributed by atoms with Crippen molar-refractivity contribution in [2.75, 3.05) is 39.1 Å². The van der Waals surface area contributed by atoms with E-state index in [4.69, 9.17) is 0 Å². The highest BCUT2D eigenvalue weighted by molar-refractivity contribution is 6.04. The van der Waals surface area contributed by atoms with E-state index >= 15 is 0 Å². The van der Waals surface area contributed by atoms with Gasteiger partial charge >= 0.3 is 5.97 Å². The summed E-state index contributed by atoms with van der Waals surface area (Å²) in [6, 6.07) is 7.61. The Kier molecular flexibility index (Phi) is 4.20. The molecule has 0 radical (unpaired) electrons. The van der Waals surface area contributed by atoms with Crippen molar-refractivity contribution in [3.8, 4) is 0 Å². The molecule has 1 N–H and O–H groups in total. The monoisotopic (exact) mass is 273 g/mol. The molecule has 0 saturated carbocycles. The summed E-state index contributed by atoms with van der Waals surface area (Å²) in [5.74, 6) is -0.949. The lowest BCUT2D eigenvalue weighted by Crippen LogP contribution is -2.29. The molecule has 5 heteroatoms. The molecule has 2 aromatic rings. The van der Waals surface area contributed by atoms with Crippen molar-refractivity contribution in [2.45, 2.75) is 0 Å².